The van der Waals surface area contributed by atoms with Gasteiger partial charge in [0, 0.05) is 17.4 Å². The molecule has 1 N–H and O–H groups in total. The van der Waals surface area contributed by atoms with Crippen molar-refractivity contribution in [3.63, 3.8) is 0 Å². The molecule has 164 valence electrons. The van der Waals surface area contributed by atoms with Crippen molar-refractivity contribution in [3.8, 4) is 5.75 Å². The zero-order chi connectivity index (χ0) is 22.5. The molecule has 4 rings (SSSR count). The summed E-state index contributed by atoms with van der Waals surface area (Å²) in [6, 6.07) is 21.9. The number of hydrogen-bond acceptors (Lipinski definition) is 5. The van der Waals surface area contributed by atoms with Crippen LogP contribution < -0.4 is 15.0 Å². The highest BCUT2D eigenvalue weighted by molar-refractivity contribution is 7.22. The number of benzene rings is 3. The minimum atomic E-state index is -0.0809. The van der Waals surface area contributed by atoms with Gasteiger partial charge in [0.25, 0.3) is 0 Å². The van der Waals surface area contributed by atoms with E-state index in [0.29, 0.717) is 0 Å². The van der Waals surface area contributed by atoms with Gasteiger partial charge in [-0.25, -0.2) is 4.98 Å². The van der Waals surface area contributed by atoms with Crippen LogP contribution in [0.5, 0.6) is 5.75 Å². The highest BCUT2D eigenvalue weighted by Gasteiger charge is 2.20. The summed E-state index contributed by atoms with van der Waals surface area (Å²) in [6.45, 7) is 4.36. The van der Waals surface area contributed by atoms with Crippen LogP contribution in [0, 0.1) is 0 Å². The van der Waals surface area contributed by atoms with Gasteiger partial charge in [0.2, 0.25) is 5.91 Å². The Morgan fingerprint density at radius 1 is 1.00 bits per heavy atom. The minimum absolute atomic E-state index is 0.0809. The summed E-state index contributed by atoms with van der Waals surface area (Å²) in [7, 11) is 1.64. The average Bonchev–Trinajstić information content (AvgIpc) is 3.26. The molecule has 0 saturated heterocycles. The first-order valence-electron chi connectivity index (χ1n) is 10.8. The van der Waals surface area contributed by atoms with Crippen molar-refractivity contribution >= 4 is 44.0 Å². The fraction of sp³-hybridized carbons (Fsp3) is 0.231. The lowest BCUT2D eigenvalue weighted by atomic mass is 10.0. The number of hydrogen-bond donors (Lipinski definition) is 1. The Morgan fingerprint density at radius 2 is 1.72 bits per heavy atom. The first-order valence-corrected chi connectivity index (χ1v) is 11.6. The lowest BCUT2D eigenvalue weighted by molar-refractivity contribution is -0.114. The van der Waals surface area contributed by atoms with Crippen molar-refractivity contribution in [2.45, 2.75) is 26.7 Å². The molecule has 4 aromatic rings. The molecular weight excluding hydrogens is 418 g/mol. The Morgan fingerprint density at radius 3 is 2.41 bits per heavy atom. The number of fused-ring (bicyclic) bond motifs is 1. The van der Waals surface area contributed by atoms with Crippen LogP contribution in [0.15, 0.2) is 66.7 Å². The van der Waals surface area contributed by atoms with Crippen molar-refractivity contribution < 1.29 is 9.53 Å². The van der Waals surface area contributed by atoms with Crippen molar-refractivity contribution in [2.75, 3.05) is 23.9 Å². The first kappa shape index (κ1) is 21.8. The molecule has 1 heterocycles. The van der Waals surface area contributed by atoms with Crippen LogP contribution in [0.4, 0.5) is 16.5 Å². The van der Waals surface area contributed by atoms with Gasteiger partial charge in [-0.05, 0) is 48.2 Å². The Hall–Kier alpha value is -3.38. The number of ether oxygens (including phenoxy) is 1. The number of amides is 1. The second kappa shape index (κ2) is 9.83. The number of aromatic nitrogens is 1. The molecule has 0 bridgehead atoms. The quantitative estimate of drug-likeness (QED) is 0.350. The maximum atomic E-state index is 13.3. The highest BCUT2D eigenvalue weighted by atomic mass is 32.1. The van der Waals surface area contributed by atoms with Gasteiger partial charge in [0.05, 0.1) is 17.3 Å². The number of aryl methyl sites for hydroxylation is 2. The summed E-state index contributed by atoms with van der Waals surface area (Å²) in [6.07, 6.45) is 1.72. The van der Waals surface area contributed by atoms with E-state index < -0.39 is 0 Å². The largest absolute Gasteiger partial charge is 0.497 e. The number of methoxy groups -OCH3 is 1. The number of nitrogens with zero attached hydrogens (tertiary/aromatic N) is 2. The van der Waals surface area contributed by atoms with Crippen LogP contribution >= 0.6 is 11.3 Å². The Balaban J connectivity index is 1.68. The number of carbonyl (C=O) groups excluding carboxylic acids is 1. The zero-order valence-corrected chi connectivity index (χ0v) is 19.4. The molecule has 0 aliphatic carbocycles. The van der Waals surface area contributed by atoms with Gasteiger partial charge in [-0.1, -0.05) is 61.6 Å². The number of anilines is 3. The molecule has 0 aliphatic heterocycles. The maximum Gasteiger partial charge on any atom is 0.244 e. The summed E-state index contributed by atoms with van der Waals surface area (Å²) >= 11 is 1.57. The number of para-hydroxylation sites is 2. The van der Waals surface area contributed by atoms with Crippen molar-refractivity contribution in [3.05, 3.63) is 77.9 Å². The summed E-state index contributed by atoms with van der Waals surface area (Å²) in [4.78, 5) is 20.0. The van der Waals surface area contributed by atoms with E-state index in [1.807, 2.05) is 53.4 Å². The van der Waals surface area contributed by atoms with E-state index in [4.69, 9.17) is 9.72 Å². The highest BCUT2D eigenvalue weighted by Crippen LogP contribution is 2.34. The van der Waals surface area contributed by atoms with Gasteiger partial charge in [-0.2, -0.15) is 0 Å². The second-order valence-corrected chi connectivity index (χ2v) is 8.47. The number of nitrogens with one attached hydrogen (secondary N) is 1. The third kappa shape index (κ3) is 4.60. The molecule has 1 aromatic heterocycles. The van der Waals surface area contributed by atoms with E-state index in [0.717, 1.165) is 56.4 Å². The first-order chi connectivity index (χ1) is 15.6. The number of rotatable bonds is 8. The predicted octanol–water partition coefficient (Wildman–Crippen LogP) is 6.21. The fourth-order valence-corrected chi connectivity index (χ4v) is 4.73. The summed E-state index contributed by atoms with van der Waals surface area (Å²) in [5.74, 6) is 0.654. The summed E-state index contributed by atoms with van der Waals surface area (Å²) in [5.41, 5.74) is 5.00. The van der Waals surface area contributed by atoms with Crippen LogP contribution in [0.2, 0.25) is 0 Å². The standard InChI is InChI=1S/C26H27N3O2S/c1-4-18-10-8-11-19(5-2)25(18)28-24(30)17-29(20-12-9-13-21(16-20)31-3)26-27-22-14-6-7-15-23(22)32-26/h6-16H,4-5,17H2,1-3H3,(H,28,30). The molecule has 0 fully saturated rings. The third-order valence-electron chi connectivity index (χ3n) is 5.44. The Kier molecular flexibility index (Phi) is 6.71. The smallest absolute Gasteiger partial charge is 0.244 e. The summed E-state index contributed by atoms with van der Waals surface area (Å²) in [5, 5.41) is 3.95. The Labute approximate surface area is 192 Å². The molecule has 0 radical (unpaired) electrons. The normalized spacial score (nSPS) is 10.8. The average molecular weight is 446 g/mol. The van der Waals surface area contributed by atoms with Gasteiger partial charge in [0.1, 0.15) is 12.3 Å². The molecule has 6 heteroatoms. The van der Waals surface area contributed by atoms with Crippen molar-refractivity contribution in [2.24, 2.45) is 0 Å². The van der Waals surface area contributed by atoms with E-state index in [1.54, 1.807) is 18.4 Å². The predicted molar refractivity (Wildman–Crippen MR) is 133 cm³/mol. The molecular formula is C26H27N3O2S. The van der Waals surface area contributed by atoms with E-state index in [2.05, 4.69) is 37.4 Å². The third-order valence-corrected chi connectivity index (χ3v) is 6.50. The second-order valence-electron chi connectivity index (χ2n) is 7.46. The molecule has 5 nitrogen and oxygen atoms in total. The van der Waals surface area contributed by atoms with E-state index in [9.17, 15) is 4.79 Å². The van der Waals surface area contributed by atoms with Gasteiger partial charge >= 0.3 is 0 Å². The lowest BCUT2D eigenvalue weighted by Gasteiger charge is -2.23. The molecule has 0 spiro atoms. The SMILES string of the molecule is CCc1cccc(CC)c1NC(=O)CN(c1cccc(OC)c1)c1nc2ccccc2s1. The fourth-order valence-electron chi connectivity index (χ4n) is 3.75. The zero-order valence-electron chi connectivity index (χ0n) is 18.6. The molecule has 32 heavy (non-hydrogen) atoms. The Bertz CT molecular complexity index is 1180. The molecule has 1 amide bonds. The molecule has 0 atom stereocenters. The molecule has 3 aromatic carbocycles. The summed E-state index contributed by atoms with van der Waals surface area (Å²) < 4.78 is 6.50. The lowest BCUT2D eigenvalue weighted by Crippen LogP contribution is -2.30. The van der Waals surface area contributed by atoms with Gasteiger partial charge < -0.3 is 15.0 Å². The molecule has 0 aliphatic rings. The minimum Gasteiger partial charge on any atom is -0.497 e. The van der Waals surface area contributed by atoms with Crippen LogP contribution in [-0.4, -0.2) is 24.5 Å². The van der Waals surface area contributed by atoms with Gasteiger partial charge in [-0.15, -0.1) is 0 Å². The topological polar surface area (TPSA) is 54.5 Å². The van der Waals surface area contributed by atoms with Crippen LogP contribution in [-0.2, 0) is 17.6 Å². The maximum absolute atomic E-state index is 13.3. The van der Waals surface area contributed by atoms with Crippen LogP contribution in [0.3, 0.4) is 0 Å². The molecule has 0 unspecified atom stereocenters. The van der Waals surface area contributed by atoms with Crippen LogP contribution in [0.1, 0.15) is 25.0 Å². The van der Waals surface area contributed by atoms with E-state index in [-0.39, 0.29) is 12.5 Å². The van der Waals surface area contributed by atoms with Crippen molar-refractivity contribution in [1.29, 1.82) is 0 Å². The number of thiazole rings is 1. The molecule has 0 saturated carbocycles. The monoisotopic (exact) mass is 445 g/mol. The van der Waals surface area contributed by atoms with Crippen molar-refractivity contribution in [1.82, 2.24) is 4.98 Å². The van der Waals surface area contributed by atoms with Gasteiger partial charge in [-0.3, -0.25) is 4.79 Å². The van der Waals surface area contributed by atoms with E-state index in [1.165, 1.54) is 0 Å². The number of carbonyl (C=O) groups is 1. The van der Waals surface area contributed by atoms with E-state index >= 15 is 0 Å². The van der Waals surface area contributed by atoms with Gasteiger partial charge in [0.15, 0.2) is 5.13 Å². The van der Waals surface area contributed by atoms with Crippen LogP contribution in [0.25, 0.3) is 10.2 Å².